The molecule has 5 nitrogen and oxygen atoms in total. The van der Waals surface area contributed by atoms with E-state index >= 15 is 0 Å². The molecule has 29 heavy (non-hydrogen) atoms. The van der Waals surface area contributed by atoms with Gasteiger partial charge in [0.1, 0.15) is 5.82 Å². The van der Waals surface area contributed by atoms with Crippen LogP contribution in [0.15, 0.2) is 42.5 Å². The van der Waals surface area contributed by atoms with Crippen LogP contribution in [0.1, 0.15) is 48.0 Å². The fourth-order valence-corrected chi connectivity index (χ4v) is 3.65. The Morgan fingerprint density at radius 3 is 2.52 bits per heavy atom. The molecule has 0 saturated heterocycles. The average Bonchev–Trinajstić information content (AvgIpc) is 3.47. The first kappa shape index (κ1) is 19.3. The highest BCUT2D eigenvalue weighted by molar-refractivity contribution is 6.00. The summed E-state index contributed by atoms with van der Waals surface area (Å²) in [5, 5.41) is 2.86. The molecule has 0 radical (unpaired) electrons. The molecule has 0 atom stereocenters. The van der Waals surface area contributed by atoms with Gasteiger partial charge >= 0.3 is 0 Å². The Labute approximate surface area is 168 Å². The van der Waals surface area contributed by atoms with E-state index in [1.54, 1.807) is 0 Å². The van der Waals surface area contributed by atoms with Gasteiger partial charge in [-0.15, -0.1) is 0 Å². The highest BCUT2D eigenvalue weighted by Gasteiger charge is 2.36. The number of hydrogen-bond acceptors (Lipinski definition) is 3. The minimum absolute atomic E-state index is 0.107. The molecule has 150 valence electrons. The molecule has 6 heteroatoms. The SMILES string of the molecule is O=C(CCCC(=O)c1ccc(F)cc1)Nc1ccc2c(c1)N(C(=O)C1CC1)CC2. The Kier molecular flexibility index (Phi) is 5.43. The van der Waals surface area contributed by atoms with E-state index in [9.17, 15) is 18.8 Å². The Morgan fingerprint density at radius 1 is 1.03 bits per heavy atom. The number of carbonyl (C=O) groups excluding carboxylic acids is 3. The lowest BCUT2D eigenvalue weighted by atomic mass is 10.1. The highest BCUT2D eigenvalue weighted by atomic mass is 19.1. The predicted molar refractivity (Wildman–Crippen MR) is 108 cm³/mol. The van der Waals surface area contributed by atoms with Crippen LogP contribution >= 0.6 is 0 Å². The first-order chi connectivity index (χ1) is 14.0. The van der Waals surface area contributed by atoms with Crippen LogP contribution in [0.4, 0.5) is 15.8 Å². The number of nitrogens with zero attached hydrogens (tertiary/aromatic N) is 1. The summed E-state index contributed by atoms with van der Waals surface area (Å²) in [5.41, 5.74) is 3.13. The molecule has 1 saturated carbocycles. The summed E-state index contributed by atoms with van der Waals surface area (Å²) in [4.78, 5) is 38.6. The zero-order valence-corrected chi connectivity index (χ0v) is 16.1. The maximum Gasteiger partial charge on any atom is 0.230 e. The molecule has 1 N–H and O–H groups in total. The number of halogens is 1. The van der Waals surface area contributed by atoms with Crippen LogP contribution in [0.5, 0.6) is 0 Å². The summed E-state index contributed by atoms with van der Waals surface area (Å²) >= 11 is 0. The van der Waals surface area contributed by atoms with Crippen molar-refractivity contribution >= 4 is 29.0 Å². The van der Waals surface area contributed by atoms with Crippen molar-refractivity contribution in [2.24, 2.45) is 5.92 Å². The van der Waals surface area contributed by atoms with Crippen molar-refractivity contribution < 1.29 is 18.8 Å². The number of Topliss-reactive ketones (excluding diaryl/α,β-unsaturated/α-hetero) is 1. The van der Waals surface area contributed by atoms with Gasteiger partial charge in [0.05, 0.1) is 0 Å². The maximum absolute atomic E-state index is 12.9. The predicted octanol–water partition coefficient (Wildman–Crippen LogP) is 4.12. The smallest absolute Gasteiger partial charge is 0.230 e. The molecular formula is C23H23FN2O3. The van der Waals surface area contributed by atoms with Crippen molar-refractivity contribution in [3.8, 4) is 0 Å². The van der Waals surface area contributed by atoms with Crippen molar-refractivity contribution in [2.45, 2.75) is 38.5 Å². The molecule has 1 aliphatic heterocycles. The highest BCUT2D eigenvalue weighted by Crippen LogP contribution is 2.37. The average molecular weight is 394 g/mol. The number of fused-ring (bicyclic) bond motifs is 1. The number of benzene rings is 2. The summed E-state index contributed by atoms with van der Waals surface area (Å²) in [6, 6.07) is 11.1. The zero-order valence-electron chi connectivity index (χ0n) is 16.1. The third-order valence-electron chi connectivity index (χ3n) is 5.43. The van der Waals surface area contributed by atoms with Gasteiger partial charge in [-0.1, -0.05) is 6.07 Å². The van der Waals surface area contributed by atoms with Crippen LogP contribution in [0.25, 0.3) is 0 Å². The molecule has 1 aliphatic carbocycles. The lowest BCUT2D eigenvalue weighted by Gasteiger charge is -2.18. The third kappa shape index (κ3) is 4.53. The molecule has 2 aliphatic rings. The van der Waals surface area contributed by atoms with E-state index in [4.69, 9.17) is 0 Å². The van der Waals surface area contributed by atoms with Gasteiger partial charge in [-0.25, -0.2) is 4.39 Å². The van der Waals surface area contributed by atoms with E-state index < -0.39 is 0 Å². The van der Waals surface area contributed by atoms with E-state index in [1.165, 1.54) is 24.3 Å². The lowest BCUT2D eigenvalue weighted by molar-refractivity contribution is -0.119. The molecular weight excluding hydrogens is 371 g/mol. The number of hydrogen-bond donors (Lipinski definition) is 1. The van der Waals surface area contributed by atoms with Gasteiger partial charge < -0.3 is 10.2 Å². The van der Waals surface area contributed by atoms with Gasteiger partial charge in [-0.3, -0.25) is 14.4 Å². The van der Waals surface area contributed by atoms with Gasteiger partial charge in [0, 0.05) is 42.2 Å². The molecule has 4 rings (SSSR count). The van der Waals surface area contributed by atoms with Gasteiger partial charge in [0.25, 0.3) is 0 Å². The van der Waals surface area contributed by atoms with Crippen molar-refractivity contribution in [3.05, 3.63) is 59.4 Å². The number of amides is 2. The quantitative estimate of drug-likeness (QED) is 0.719. The van der Waals surface area contributed by atoms with Gasteiger partial charge in [-0.2, -0.15) is 0 Å². The third-order valence-corrected chi connectivity index (χ3v) is 5.43. The Hall–Kier alpha value is -3.02. The molecule has 2 aromatic carbocycles. The monoisotopic (exact) mass is 394 g/mol. The molecule has 0 aromatic heterocycles. The summed E-state index contributed by atoms with van der Waals surface area (Å²) in [5.74, 6) is -0.309. The van der Waals surface area contributed by atoms with E-state index in [1.807, 2.05) is 23.1 Å². The van der Waals surface area contributed by atoms with E-state index in [2.05, 4.69) is 5.32 Å². The zero-order chi connectivity index (χ0) is 20.4. The second-order valence-corrected chi connectivity index (χ2v) is 7.69. The van der Waals surface area contributed by atoms with Crippen molar-refractivity contribution in [3.63, 3.8) is 0 Å². The number of anilines is 2. The number of carbonyl (C=O) groups is 3. The van der Waals surface area contributed by atoms with Crippen LogP contribution in [-0.2, 0) is 16.0 Å². The van der Waals surface area contributed by atoms with Crippen molar-refractivity contribution in [2.75, 3.05) is 16.8 Å². The Balaban J connectivity index is 1.30. The first-order valence-electron chi connectivity index (χ1n) is 10.0. The van der Waals surface area contributed by atoms with E-state index in [0.29, 0.717) is 24.2 Å². The second kappa shape index (κ2) is 8.15. The summed E-state index contributed by atoms with van der Waals surface area (Å²) in [6.45, 7) is 0.702. The normalized spacial score (nSPS) is 15.1. The largest absolute Gasteiger partial charge is 0.326 e. The fraction of sp³-hybridized carbons (Fsp3) is 0.348. The van der Waals surface area contributed by atoms with Crippen LogP contribution in [0, 0.1) is 11.7 Å². The van der Waals surface area contributed by atoms with Gasteiger partial charge in [0.15, 0.2) is 5.78 Å². The van der Waals surface area contributed by atoms with Crippen molar-refractivity contribution in [1.82, 2.24) is 0 Å². The first-order valence-corrected chi connectivity index (χ1v) is 10.0. The van der Waals surface area contributed by atoms with Crippen molar-refractivity contribution in [1.29, 1.82) is 0 Å². The molecule has 1 heterocycles. The molecule has 1 fully saturated rings. The second-order valence-electron chi connectivity index (χ2n) is 7.69. The summed E-state index contributed by atoms with van der Waals surface area (Å²) in [6.07, 6.45) is 3.64. The Morgan fingerprint density at radius 2 is 1.79 bits per heavy atom. The Bertz CT molecular complexity index is 951. The molecule has 0 spiro atoms. The van der Waals surface area contributed by atoms with Crippen LogP contribution < -0.4 is 10.2 Å². The van der Waals surface area contributed by atoms with Crippen LogP contribution in [0.2, 0.25) is 0 Å². The van der Waals surface area contributed by atoms with E-state index in [0.717, 1.165) is 30.5 Å². The minimum atomic E-state index is -0.382. The van der Waals surface area contributed by atoms with Gasteiger partial charge in [-0.05, 0) is 67.6 Å². The topological polar surface area (TPSA) is 66.5 Å². The molecule has 0 unspecified atom stereocenters. The van der Waals surface area contributed by atoms with E-state index in [-0.39, 0.29) is 42.2 Å². The van der Waals surface area contributed by atoms with Gasteiger partial charge in [0.2, 0.25) is 11.8 Å². The summed E-state index contributed by atoms with van der Waals surface area (Å²) in [7, 11) is 0. The minimum Gasteiger partial charge on any atom is -0.326 e. The molecule has 0 bridgehead atoms. The van der Waals surface area contributed by atoms with Crippen LogP contribution in [-0.4, -0.2) is 24.1 Å². The lowest BCUT2D eigenvalue weighted by Crippen LogP contribution is -2.30. The number of nitrogens with one attached hydrogen (secondary N) is 1. The molecule has 2 aromatic rings. The maximum atomic E-state index is 12.9. The number of rotatable bonds is 7. The summed E-state index contributed by atoms with van der Waals surface area (Å²) < 4.78 is 12.9. The standard InChI is InChI=1S/C23H23FN2O3/c24-18-9-6-16(7-10-18)21(27)2-1-3-22(28)25-19-11-8-15-12-13-26(20(15)14-19)23(29)17-4-5-17/h6-11,14,17H,1-5,12-13H2,(H,25,28). The molecule has 2 amide bonds. The number of ketones is 1. The van der Waals surface area contributed by atoms with Crippen LogP contribution in [0.3, 0.4) is 0 Å². The fourth-order valence-electron chi connectivity index (χ4n) is 3.65.